The molecule has 1 aromatic carbocycles. The van der Waals surface area contributed by atoms with Crippen molar-refractivity contribution in [1.29, 1.82) is 0 Å². The average molecular weight is 265 g/mol. The fraction of sp³-hybridized carbons (Fsp3) is 0.182. The van der Waals surface area contributed by atoms with Crippen molar-refractivity contribution in [2.45, 2.75) is 0 Å². The van der Waals surface area contributed by atoms with E-state index in [1.807, 2.05) is 37.2 Å². The number of ether oxygens (including phenoxy) is 1. The van der Waals surface area contributed by atoms with Gasteiger partial charge in [-0.15, -0.1) is 0 Å². The third-order valence-corrected chi connectivity index (χ3v) is 3.02. The van der Waals surface area contributed by atoms with Gasteiger partial charge in [0.25, 0.3) is 5.19 Å². The van der Waals surface area contributed by atoms with Crippen molar-refractivity contribution in [3.05, 3.63) is 40.6 Å². The number of rotatable bonds is 4. The van der Waals surface area contributed by atoms with Gasteiger partial charge in [-0.2, -0.15) is 0 Å². The molecule has 0 atom stereocenters. The number of anilines is 1. The standard InChI is InChI=1S/C11H11N3O3S/c1-13(2)8-4-3-5-9(6-8)17-11-12-7-10(18-11)14(15)16/h3-7H,1-2H3. The highest BCUT2D eigenvalue weighted by Crippen LogP contribution is 2.31. The lowest BCUT2D eigenvalue weighted by Crippen LogP contribution is -2.08. The first-order valence-electron chi connectivity index (χ1n) is 5.12. The average Bonchev–Trinajstić information content (AvgIpc) is 2.78. The third kappa shape index (κ3) is 2.75. The lowest BCUT2D eigenvalue weighted by molar-refractivity contribution is -0.380. The Kier molecular flexibility index (Phi) is 3.42. The first-order chi connectivity index (χ1) is 8.56. The highest BCUT2D eigenvalue weighted by atomic mass is 32.1. The lowest BCUT2D eigenvalue weighted by atomic mass is 10.3. The number of nitrogens with zero attached hydrogens (tertiary/aromatic N) is 3. The van der Waals surface area contributed by atoms with E-state index < -0.39 is 4.92 Å². The molecule has 0 saturated heterocycles. The number of nitro groups is 1. The smallest absolute Gasteiger partial charge is 0.347 e. The number of hydrogen-bond donors (Lipinski definition) is 0. The molecular weight excluding hydrogens is 254 g/mol. The SMILES string of the molecule is CN(C)c1cccc(Oc2ncc([N+](=O)[O-])s2)c1. The summed E-state index contributed by atoms with van der Waals surface area (Å²) in [6, 6.07) is 7.41. The van der Waals surface area contributed by atoms with Gasteiger partial charge in [0.15, 0.2) is 0 Å². The maximum Gasteiger partial charge on any atom is 0.347 e. The maximum absolute atomic E-state index is 10.5. The van der Waals surface area contributed by atoms with Crippen molar-refractivity contribution in [3.63, 3.8) is 0 Å². The van der Waals surface area contributed by atoms with Gasteiger partial charge in [0.2, 0.25) is 0 Å². The van der Waals surface area contributed by atoms with Crippen LogP contribution in [0.2, 0.25) is 0 Å². The minimum atomic E-state index is -0.485. The van der Waals surface area contributed by atoms with Crippen LogP contribution in [0, 0.1) is 10.1 Å². The van der Waals surface area contributed by atoms with Crippen LogP contribution in [0.3, 0.4) is 0 Å². The normalized spacial score (nSPS) is 10.1. The molecule has 1 aromatic heterocycles. The Bertz CT molecular complexity index is 568. The van der Waals surface area contributed by atoms with Gasteiger partial charge in [0.1, 0.15) is 11.9 Å². The summed E-state index contributed by atoms with van der Waals surface area (Å²) in [7, 11) is 3.85. The van der Waals surface area contributed by atoms with Crippen LogP contribution >= 0.6 is 11.3 Å². The van der Waals surface area contributed by atoms with Crippen LogP contribution in [0.1, 0.15) is 0 Å². The van der Waals surface area contributed by atoms with Crippen LogP contribution < -0.4 is 9.64 Å². The van der Waals surface area contributed by atoms with Crippen LogP contribution in [0.25, 0.3) is 0 Å². The number of hydrogen-bond acceptors (Lipinski definition) is 6. The molecule has 0 aliphatic rings. The Labute approximate surface area is 108 Å². The van der Waals surface area contributed by atoms with Gasteiger partial charge in [-0.1, -0.05) is 6.07 Å². The van der Waals surface area contributed by atoms with Crippen molar-refractivity contribution < 1.29 is 9.66 Å². The van der Waals surface area contributed by atoms with Crippen molar-refractivity contribution >= 4 is 22.0 Å². The predicted octanol–water partition coefficient (Wildman–Crippen LogP) is 2.91. The summed E-state index contributed by atoms with van der Waals surface area (Å²) in [5.41, 5.74) is 0.985. The fourth-order valence-electron chi connectivity index (χ4n) is 1.31. The second-order valence-corrected chi connectivity index (χ2v) is 4.69. The summed E-state index contributed by atoms with van der Waals surface area (Å²) >= 11 is 0.904. The van der Waals surface area contributed by atoms with Gasteiger partial charge in [-0.05, 0) is 23.5 Å². The van der Waals surface area contributed by atoms with E-state index >= 15 is 0 Å². The van der Waals surface area contributed by atoms with E-state index in [2.05, 4.69) is 4.98 Å². The summed E-state index contributed by atoms with van der Waals surface area (Å²) < 4.78 is 5.48. The first kappa shape index (κ1) is 12.3. The molecule has 0 aliphatic heterocycles. The van der Waals surface area contributed by atoms with E-state index in [1.165, 1.54) is 6.20 Å². The zero-order valence-electron chi connectivity index (χ0n) is 9.86. The second kappa shape index (κ2) is 5.01. The van der Waals surface area contributed by atoms with E-state index in [0.29, 0.717) is 5.75 Å². The molecule has 0 aliphatic carbocycles. The quantitative estimate of drug-likeness (QED) is 0.628. The molecule has 0 fully saturated rings. The minimum Gasteiger partial charge on any atom is -0.431 e. The van der Waals surface area contributed by atoms with Gasteiger partial charge < -0.3 is 9.64 Å². The molecular formula is C11H11N3O3S. The van der Waals surface area contributed by atoms with E-state index in [1.54, 1.807) is 6.07 Å². The summed E-state index contributed by atoms with van der Waals surface area (Å²) in [5, 5.41) is 10.8. The molecule has 0 spiro atoms. The van der Waals surface area contributed by atoms with Crippen molar-refractivity contribution in [3.8, 4) is 10.9 Å². The predicted molar refractivity (Wildman–Crippen MR) is 69.6 cm³/mol. The Morgan fingerprint density at radius 1 is 1.44 bits per heavy atom. The van der Waals surface area contributed by atoms with Gasteiger partial charge >= 0.3 is 5.00 Å². The first-order valence-corrected chi connectivity index (χ1v) is 5.93. The molecule has 18 heavy (non-hydrogen) atoms. The van der Waals surface area contributed by atoms with E-state index in [4.69, 9.17) is 4.74 Å². The zero-order valence-corrected chi connectivity index (χ0v) is 10.7. The van der Waals surface area contributed by atoms with Crippen LogP contribution in [-0.2, 0) is 0 Å². The molecule has 2 rings (SSSR count). The molecule has 0 unspecified atom stereocenters. The van der Waals surface area contributed by atoms with Crippen LogP contribution in [-0.4, -0.2) is 24.0 Å². The van der Waals surface area contributed by atoms with Crippen molar-refractivity contribution in [1.82, 2.24) is 4.98 Å². The molecule has 6 nitrogen and oxygen atoms in total. The highest BCUT2D eigenvalue weighted by Gasteiger charge is 2.13. The molecule has 7 heteroatoms. The molecule has 2 aromatic rings. The summed E-state index contributed by atoms with van der Waals surface area (Å²) in [4.78, 5) is 15.8. The van der Waals surface area contributed by atoms with Crippen LogP contribution in [0.15, 0.2) is 30.5 Å². The topological polar surface area (TPSA) is 68.5 Å². The maximum atomic E-state index is 10.5. The fourth-order valence-corrected chi connectivity index (χ4v) is 1.91. The molecule has 0 amide bonds. The lowest BCUT2D eigenvalue weighted by Gasteiger charge is -2.12. The molecule has 1 heterocycles. The van der Waals surface area contributed by atoms with Gasteiger partial charge in [0.05, 0.1) is 4.92 Å². The van der Waals surface area contributed by atoms with Crippen LogP contribution in [0.4, 0.5) is 10.7 Å². The Morgan fingerprint density at radius 2 is 2.22 bits per heavy atom. The second-order valence-electron chi connectivity index (χ2n) is 3.72. The van der Waals surface area contributed by atoms with E-state index in [-0.39, 0.29) is 10.2 Å². The zero-order chi connectivity index (χ0) is 13.1. The van der Waals surface area contributed by atoms with E-state index in [0.717, 1.165) is 17.0 Å². The van der Waals surface area contributed by atoms with Gasteiger partial charge in [0, 0.05) is 25.8 Å². The van der Waals surface area contributed by atoms with Crippen molar-refractivity contribution in [2.24, 2.45) is 0 Å². The number of thiazole rings is 1. The molecule has 0 radical (unpaired) electrons. The molecule has 94 valence electrons. The Hall–Kier alpha value is -2.15. The Morgan fingerprint density at radius 3 is 2.83 bits per heavy atom. The summed E-state index contributed by atoms with van der Waals surface area (Å²) in [6.07, 6.45) is 1.19. The summed E-state index contributed by atoms with van der Waals surface area (Å²) in [5.74, 6) is 0.602. The molecule has 0 N–H and O–H groups in total. The highest BCUT2D eigenvalue weighted by molar-refractivity contribution is 7.16. The van der Waals surface area contributed by atoms with Gasteiger partial charge in [-0.25, -0.2) is 4.98 Å². The number of benzene rings is 1. The largest absolute Gasteiger partial charge is 0.431 e. The van der Waals surface area contributed by atoms with Crippen molar-refractivity contribution in [2.75, 3.05) is 19.0 Å². The number of aromatic nitrogens is 1. The van der Waals surface area contributed by atoms with E-state index in [9.17, 15) is 10.1 Å². The monoisotopic (exact) mass is 265 g/mol. The third-order valence-electron chi connectivity index (χ3n) is 2.19. The van der Waals surface area contributed by atoms with Crippen LogP contribution in [0.5, 0.6) is 10.9 Å². The van der Waals surface area contributed by atoms with Gasteiger partial charge in [-0.3, -0.25) is 10.1 Å². The molecule has 0 saturated carbocycles. The minimum absolute atomic E-state index is 0.0336. The summed E-state index contributed by atoms with van der Waals surface area (Å²) in [6.45, 7) is 0. The molecule has 0 bridgehead atoms. The Balaban J connectivity index is 2.17.